The molecular formula is C20H20N8O3S2. The maximum absolute atomic E-state index is 13.4. The SMILES string of the molecule is O=C(C(Cc1ccccc1)n1cnnn1)N1CCN(S(=O)(=O)c2cccc3nsnc23)CC1. The molecule has 0 radical (unpaired) electrons. The minimum Gasteiger partial charge on any atom is -0.338 e. The van der Waals surface area contributed by atoms with Crippen molar-refractivity contribution in [3.63, 3.8) is 0 Å². The standard InChI is InChI=1S/C20H20N8O3S2/c29-20(17(28-14-21-24-25-28)13-15-5-2-1-3-6-15)26-9-11-27(12-10-26)33(30,31)18-8-4-7-16-19(18)23-32-22-16/h1-8,14,17H,9-13H2. The minimum atomic E-state index is -3.76. The first-order chi connectivity index (χ1) is 16.0. The van der Waals surface area contributed by atoms with E-state index in [1.165, 1.54) is 15.3 Å². The summed E-state index contributed by atoms with van der Waals surface area (Å²) in [7, 11) is -3.76. The molecule has 1 aliphatic heterocycles. The molecule has 0 aliphatic carbocycles. The van der Waals surface area contributed by atoms with Gasteiger partial charge in [-0.3, -0.25) is 4.79 Å². The fourth-order valence-corrected chi connectivity index (χ4v) is 6.11. The van der Waals surface area contributed by atoms with Crippen molar-refractivity contribution in [3.8, 4) is 0 Å². The van der Waals surface area contributed by atoms with Crippen molar-refractivity contribution < 1.29 is 13.2 Å². The molecule has 1 fully saturated rings. The molecule has 1 amide bonds. The smallest absolute Gasteiger partial charge is 0.248 e. The average molecular weight is 485 g/mol. The predicted octanol–water partition coefficient (Wildman–Crippen LogP) is 0.995. The van der Waals surface area contributed by atoms with Gasteiger partial charge in [0.25, 0.3) is 0 Å². The first-order valence-corrected chi connectivity index (χ1v) is 12.5. The lowest BCUT2D eigenvalue weighted by Crippen LogP contribution is -2.52. The number of amides is 1. The van der Waals surface area contributed by atoms with Crippen LogP contribution in [-0.4, -0.2) is 78.7 Å². The Morgan fingerprint density at radius 2 is 1.79 bits per heavy atom. The number of aromatic nitrogens is 6. The Labute approximate surface area is 194 Å². The Morgan fingerprint density at radius 3 is 2.52 bits per heavy atom. The van der Waals surface area contributed by atoms with E-state index in [1.807, 2.05) is 30.3 Å². The van der Waals surface area contributed by atoms with Crippen LogP contribution < -0.4 is 0 Å². The van der Waals surface area contributed by atoms with Crippen LogP contribution in [0.5, 0.6) is 0 Å². The van der Waals surface area contributed by atoms with E-state index >= 15 is 0 Å². The molecule has 0 N–H and O–H groups in total. The Kier molecular flexibility index (Phi) is 5.83. The number of rotatable bonds is 6. The number of hydrogen-bond acceptors (Lipinski definition) is 9. The second-order valence-electron chi connectivity index (χ2n) is 7.61. The molecule has 11 nitrogen and oxygen atoms in total. The van der Waals surface area contributed by atoms with E-state index < -0.39 is 16.1 Å². The van der Waals surface area contributed by atoms with Gasteiger partial charge < -0.3 is 4.90 Å². The third-order valence-corrected chi connectivity index (χ3v) is 8.13. The highest BCUT2D eigenvalue weighted by molar-refractivity contribution is 7.89. The van der Waals surface area contributed by atoms with Crippen molar-refractivity contribution >= 4 is 38.7 Å². The van der Waals surface area contributed by atoms with Gasteiger partial charge in [0.2, 0.25) is 15.9 Å². The molecule has 13 heteroatoms. The molecule has 1 atom stereocenters. The van der Waals surface area contributed by atoms with Crippen LogP contribution in [-0.2, 0) is 21.2 Å². The van der Waals surface area contributed by atoms with Gasteiger partial charge in [0.1, 0.15) is 28.3 Å². The zero-order chi connectivity index (χ0) is 22.8. The van der Waals surface area contributed by atoms with E-state index in [-0.39, 0.29) is 37.0 Å². The molecule has 33 heavy (non-hydrogen) atoms. The summed E-state index contributed by atoms with van der Waals surface area (Å²) in [6, 6.07) is 14.0. The van der Waals surface area contributed by atoms with Crippen LogP contribution in [0.4, 0.5) is 0 Å². The molecule has 0 bridgehead atoms. The third-order valence-electron chi connectivity index (χ3n) is 5.66. The van der Waals surface area contributed by atoms with Crippen molar-refractivity contribution in [1.29, 1.82) is 0 Å². The zero-order valence-corrected chi connectivity index (χ0v) is 19.1. The average Bonchev–Trinajstić information content (AvgIpc) is 3.55. The third kappa shape index (κ3) is 4.21. The number of sulfonamides is 1. The lowest BCUT2D eigenvalue weighted by atomic mass is 10.0. The largest absolute Gasteiger partial charge is 0.338 e. The number of nitrogens with zero attached hydrogens (tertiary/aromatic N) is 8. The van der Waals surface area contributed by atoms with E-state index in [4.69, 9.17) is 0 Å². The van der Waals surface area contributed by atoms with Gasteiger partial charge in [-0.15, -0.1) is 5.10 Å². The van der Waals surface area contributed by atoms with E-state index in [9.17, 15) is 13.2 Å². The molecule has 4 aromatic rings. The number of benzene rings is 2. The zero-order valence-electron chi connectivity index (χ0n) is 17.4. The second kappa shape index (κ2) is 8.92. The highest BCUT2D eigenvalue weighted by Crippen LogP contribution is 2.26. The van der Waals surface area contributed by atoms with E-state index in [1.54, 1.807) is 23.1 Å². The first kappa shape index (κ1) is 21.6. The van der Waals surface area contributed by atoms with Crippen LogP contribution in [0.1, 0.15) is 11.6 Å². The quantitative estimate of drug-likeness (QED) is 0.397. The molecule has 1 unspecified atom stereocenters. The summed E-state index contributed by atoms with van der Waals surface area (Å²) in [5, 5.41) is 11.3. The Hall–Kier alpha value is -3.29. The van der Waals surface area contributed by atoms with Crippen LogP contribution in [0.2, 0.25) is 0 Å². The molecular weight excluding hydrogens is 464 g/mol. The maximum atomic E-state index is 13.4. The van der Waals surface area contributed by atoms with Crippen LogP contribution in [0.3, 0.4) is 0 Å². The Bertz CT molecular complexity index is 1350. The minimum absolute atomic E-state index is 0.143. The van der Waals surface area contributed by atoms with Gasteiger partial charge in [-0.1, -0.05) is 36.4 Å². The molecule has 1 saturated heterocycles. The number of carbonyl (C=O) groups excluding carboxylic acids is 1. The Morgan fingerprint density at radius 1 is 1.00 bits per heavy atom. The highest BCUT2D eigenvalue weighted by Gasteiger charge is 2.34. The normalized spacial score (nSPS) is 16.2. The van der Waals surface area contributed by atoms with E-state index in [2.05, 4.69) is 24.3 Å². The summed E-state index contributed by atoms with van der Waals surface area (Å²) in [5.41, 5.74) is 1.92. The van der Waals surface area contributed by atoms with E-state index in [0.29, 0.717) is 17.5 Å². The summed E-state index contributed by atoms with van der Waals surface area (Å²) in [4.78, 5) is 15.2. The van der Waals surface area contributed by atoms with Crippen molar-refractivity contribution in [2.45, 2.75) is 17.4 Å². The number of fused-ring (bicyclic) bond motifs is 1. The van der Waals surface area contributed by atoms with Crippen LogP contribution in [0.25, 0.3) is 11.0 Å². The lowest BCUT2D eigenvalue weighted by molar-refractivity contribution is -0.136. The lowest BCUT2D eigenvalue weighted by Gasteiger charge is -2.35. The summed E-state index contributed by atoms with van der Waals surface area (Å²) < 4.78 is 37.7. The van der Waals surface area contributed by atoms with Crippen LogP contribution in [0, 0.1) is 0 Å². The van der Waals surface area contributed by atoms with E-state index in [0.717, 1.165) is 17.3 Å². The summed E-state index contributed by atoms with van der Waals surface area (Å²) in [5.74, 6) is -0.144. The van der Waals surface area contributed by atoms with Gasteiger partial charge in [-0.25, -0.2) is 13.1 Å². The first-order valence-electron chi connectivity index (χ1n) is 10.3. The molecule has 5 rings (SSSR count). The van der Waals surface area contributed by atoms with Gasteiger partial charge in [0.05, 0.1) is 11.7 Å². The van der Waals surface area contributed by atoms with Crippen LogP contribution in [0.15, 0.2) is 59.8 Å². The van der Waals surface area contributed by atoms with Gasteiger partial charge in [0, 0.05) is 32.6 Å². The van der Waals surface area contributed by atoms with Crippen molar-refractivity contribution in [3.05, 3.63) is 60.4 Å². The number of carbonyl (C=O) groups is 1. The number of piperazine rings is 1. The van der Waals surface area contributed by atoms with Crippen LogP contribution >= 0.6 is 11.7 Å². The number of tetrazole rings is 1. The van der Waals surface area contributed by atoms with Gasteiger partial charge >= 0.3 is 0 Å². The molecule has 2 aromatic heterocycles. The summed E-state index contributed by atoms with van der Waals surface area (Å²) >= 11 is 0.982. The summed E-state index contributed by atoms with van der Waals surface area (Å²) in [6.45, 7) is 0.929. The second-order valence-corrected chi connectivity index (χ2v) is 10.0. The molecule has 3 heterocycles. The Balaban J connectivity index is 1.32. The molecule has 170 valence electrons. The monoisotopic (exact) mass is 484 g/mol. The predicted molar refractivity (Wildman–Crippen MR) is 120 cm³/mol. The van der Waals surface area contributed by atoms with Gasteiger partial charge in [0.15, 0.2) is 0 Å². The fraction of sp³-hybridized carbons (Fsp3) is 0.300. The molecule has 0 saturated carbocycles. The van der Waals surface area contributed by atoms with Crippen molar-refractivity contribution in [2.24, 2.45) is 0 Å². The van der Waals surface area contributed by atoms with Crippen molar-refractivity contribution in [2.75, 3.05) is 26.2 Å². The molecule has 2 aromatic carbocycles. The van der Waals surface area contributed by atoms with Gasteiger partial charge in [-0.05, 0) is 28.1 Å². The highest BCUT2D eigenvalue weighted by atomic mass is 32.2. The van der Waals surface area contributed by atoms with Gasteiger partial charge in [-0.2, -0.15) is 13.1 Å². The number of hydrogen-bond donors (Lipinski definition) is 0. The molecule has 0 spiro atoms. The molecule has 1 aliphatic rings. The summed E-state index contributed by atoms with van der Waals surface area (Å²) in [6.07, 6.45) is 1.86. The topological polar surface area (TPSA) is 127 Å². The van der Waals surface area contributed by atoms with Crippen molar-refractivity contribution in [1.82, 2.24) is 38.2 Å². The maximum Gasteiger partial charge on any atom is 0.248 e. The fourth-order valence-electron chi connectivity index (χ4n) is 3.93.